The second-order valence-corrected chi connectivity index (χ2v) is 7.66. The van der Waals surface area contributed by atoms with Crippen LogP contribution in [0.15, 0.2) is 22.0 Å². The highest BCUT2D eigenvalue weighted by molar-refractivity contribution is 9.11. The molecule has 0 bridgehead atoms. The fourth-order valence-corrected chi connectivity index (χ4v) is 3.23. The summed E-state index contributed by atoms with van der Waals surface area (Å²) < 4.78 is 1.11. The molecule has 0 unspecified atom stereocenters. The summed E-state index contributed by atoms with van der Waals surface area (Å²) >= 11 is 5.16. The van der Waals surface area contributed by atoms with Gasteiger partial charge in [0.2, 0.25) is 0 Å². The lowest BCUT2D eigenvalue weighted by Gasteiger charge is -2.10. The van der Waals surface area contributed by atoms with Crippen molar-refractivity contribution in [1.29, 1.82) is 0 Å². The minimum Gasteiger partial charge on any atom is -0.370 e. The molecule has 5 heteroatoms. The Morgan fingerprint density at radius 3 is 2.70 bits per heavy atom. The van der Waals surface area contributed by atoms with E-state index in [9.17, 15) is 0 Å². The molecule has 0 atom stereocenters. The number of halogens is 1. The maximum Gasteiger partial charge on any atom is 0.171 e. The van der Waals surface area contributed by atoms with Crippen LogP contribution in [0.2, 0.25) is 0 Å². The maximum absolute atomic E-state index is 4.70. The van der Waals surface area contributed by atoms with Crippen molar-refractivity contribution in [3.05, 3.63) is 27.7 Å². The monoisotopic (exact) mass is 353 g/mol. The lowest BCUT2D eigenvalue weighted by Crippen LogP contribution is -2.06. The average molecular weight is 354 g/mol. The quantitative estimate of drug-likeness (QED) is 0.794. The Balaban J connectivity index is 2.34. The molecule has 0 amide bonds. The molecule has 108 valence electrons. The summed E-state index contributed by atoms with van der Waals surface area (Å²) in [6.45, 7) is 7.51. The predicted molar refractivity (Wildman–Crippen MR) is 90.4 cm³/mol. The van der Waals surface area contributed by atoms with Crippen molar-refractivity contribution in [2.24, 2.45) is 5.92 Å². The van der Waals surface area contributed by atoms with Crippen molar-refractivity contribution >= 4 is 33.1 Å². The van der Waals surface area contributed by atoms with E-state index in [1.54, 1.807) is 11.3 Å². The zero-order valence-corrected chi connectivity index (χ0v) is 14.5. The number of thiophene rings is 1. The minimum atomic E-state index is 0.590. The first-order valence-electron chi connectivity index (χ1n) is 6.96. The zero-order chi connectivity index (χ0) is 14.5. The molecule has 0 saturated heterocycles. The lowest BCUT2D eigenvalue weighted by atomic mass is 10.1. The molecule has 0 aliphatic rings. The van der Waals surface area contributed by atoms with Crippen molar-refractivity contribution in [2.75, 3.05) is 11.9 Å². The van der Waals surface area contributed by atoms with E-state index in [0.717, 1.165) is 45.4 Å². The Hall–Kier alpha value is -0.940. The molecule has 3 nitrogen and oxygen atoms in total. The second kappa shape index (κ2) is 7.18. The van der Waals surface area contributed by atoms with Gasteiger partial charge >= 0.3 is 0 Å². The summed E-state index contributed by atoms with van der Waals surface area (Å²) in [5.41, 5.74) is 1.10. The lowest BCUT2D eigenvalue weighted by molar-refractivity contribution is 0.635. The molecule has 0 radical (unpaired) electrons. The standard InChI is InChI=1S/C15H20BrN3S/c1-4-7-17-14-9-11(8-10(2)3)18-15(19-14)12-5-6-13(16)20-12/h5-6,9-10H,4,7-8H2,1-3H3,(H,17,18,19). The smallest absolute Gasteiger partial charge is 0.171 e. The molecule has 0 saturated carbocycles. The third-order valence-corrected chi connectivity index (χ3v) is 4.37. The van der Waals surface area contributed by atoms with Crippen molar-refractivity contribution in [1.82, 2.24) is 9.97 Å². The SMILES string of the molecule is CCCNc1cc(CC(C)C)nc(-c2ccc(Br)s2)n1. The van der Waals surface area contributed by atoms with Gasteiger partial charge in [-0.05, 0) is 46.8 Å². The fourth-order valence-electron chi connectivity index (χ4n) is 1.91. The Morgan fingerprint density at radius 1 is 1.30 bits per heavy atom. The largest absolute Gasteiger partial charge is 0.370 e. The molecule has 0 aromatic carbocycles. The van der Waals surface area contributed by atoms with Gasteiger partial charge in [0.25, 0.3) is 0 Å². The Bertz CT molecular complexity index is 566. The highest BCUT2D eigenvalue weighted by Crippen LogP contribution is 2.30. The van der Waals surface area contributed by atoms with Gasteiger partial charge in [-0.25, -0.2) is 9.97 Å². The molecular weight excluding hydrogens is 334 g/mol. The van der Waals surface area contributed by atoms with Gasteiger partial charge in [-0.1, -0.05) is 20.8 Å². The molecule has 0 aliphatic carbocycles. The summed E-state index contributed by atoms with van der Waals surface area (Å²) in [7, 11) is 0. The summed E-state index contributed by atoms with van der Waals surface area (Å²) in [5, 5.41) is 3.37. The third kappa shape index (κ3) is 4.28. The van der Waals surface area contributed by atoms with Crippen LogP contribution in [0.4, 0.5) is 5.82 Å². The van der Waals surface area contributed by atoms with Gasteiger partial charge in [0.05, 0.1) is 8.66 Å². The van der Waals surface area contributed by atoms with Crippen LogP contribution in [0.3, 0.4) is 0 Å². The number of rotatable bonds is 6. The fraction of sp³-hybridized carbons (Fsp3) is 0.467. The first kappa shape index (κ1) is 15.4. The molecular formula is C15H20BrN3S. The summed E-state index contributed by atoms with van der Waals surface area (Å²) in [6.07, 6.45) is 2.06. The molecule has 0 spiro atoms. The van der Waals surface area contributed by atoms with E-state index in [4.69, 9.17) is 4.98 Å². The minimum absolute atomic E-state index is 0.590. The van der Waals surface area contributed by atoms with E-state index in [0.29, 0.717) is 5.92 Å². The van der Waals surface area contributed by atoms with Gasteiger partial charge in [-0.2, -0.15) is 0 Å². The van der Waals surface area contributed by atoms with Crippen LogP contribution in [0.1, 0.15) is 32.9 Å². The second-order valence-electron chi connectivity index (χ2n) is 5.20. The first-order valence-corrected chi connectivity index (χ1v) is 8.57. The molecule has 0 fully saturated rings. The average Bonchev–Trinajstić information content (AvgIpc) is 2.82. The van der Waals surface area contributed by atoms with Crippen LogP contribution < -0.4 is 5.32 Å². The van der Waals surface area contributed by atoms with E-state index >= 15 is 0 Å². The molecule has 2 rings (SSSR count). The highest BCUT2D eigenvalue weighted by Gasteiger charge is 2.10. The molecule has 1 N–H and O–H groups in total. The van der Waals surface area contributed by atoms with E-state index in [1.165, 1.54) is 0 Å². The van der Waals surface area contributed by atoms with Crippen LogP contribution in [-0.4, -0.2) is 16.5 Å². The van der Waals surface area contributed by atoms with Gasteiger partial charge < -0.3 is 5.32 Å². The van der Waals surface area contributed by atoms with Gasteiger partial charge in [-0.3, -0.25) is 0 Å². The van der Waals surface area contributed by atoms with E-state index in [-0.39, 0.29) is 0 Å². The van der Waals surface area contributed by atoms with Crippen LogP contribution in [0, 0.1) is 5.92 Å². The van der Waals surface area contributed by atoms with E-state index in [1.807, 2.05) is 6.07 Å². The van der Waals surface area contributed by atoms with Crippen LogP contribution >= 0.6 is 27.3 Å². The number of nitrogens with zero attached hydrogens (tertiary/aromatic N) is 2. The normalized spacial score (nSPS) is 11.1. The Labute approximate surface area is 133 Å². The number of aromatic nitrogens is 2. The number of nitrogens with one attached hydrogen (secondary N) is 1. The summed E-state index contributed by atoms with van der Waals surface area (Å²) in [5.74, 6) is 2.33. The summed E-state index contributed by atoms with van der Waals surface area (Å²) in [6, 6.07) is 6.17. The van der Waals surface area contributed by atoms with Gasteiger partial charge in [0.15, 0.2) is 5.82 Å². The van der Waals surface area contributed by atoms with Crippen LogP contribution in [0.25, 0.3) is 10.7 Å². The highest BCUT2D eigenvalue weighted by atomic mass is 79.9. The molecule has 0 aliphatic heterocycles. The molecule has 2 heterocycles. The Kier molecular flexibility index (Phi) is 5.54. The topological polar surface area (TPSA) is 37.8 Å². The summed E-state index contributed by atoms with van der Waals surface area (Å²) in [4.78, 5) is 10.4. The van der Waals surface area contributed by atoms with E-state index < -0.39 is 0 Å². The number of hydrogen-bond donors (Lipinski definition) is 1. The Morgan fingerprint density at radius 2 is 2.10 bits per heavy atom. The van der Waals surface area contributed by atoms with Crippen molar-refractivity contribution in [2.45, 2.75) is 33.6 Å². The number of hydrogen-bond acceptors (Lipinski definition) is 4. The molecule has 20 heavy (non-hydrogen) atoms. The zero-order valence-electron chi connectivity index (χ0n) is 12.1. The van der Waals surface area contributed by atoms with Gasteiger partial charge in [0.1, 0.15) is 5.82 Å². The van der Waals surface area contributed by atoms with Crippen molar-refractivity contribution < 1.29 is 0 Å². The van der Waals surface area contributed by atoms with Gasteiger partial charge in [0, 0.05) is 18.3 Å². The van der Waals surface area contributed by atoms with Crippen LogP contribution in [0.5, 0.6) is 0 Å². The number of anilines is 1. The van der Waals surface area contributed by atoms with E-state index in [2.05, 4.69) is 59.1 Å². The van der Waals surface area contributed by atoms with Crippen molar-refractivity contribution in [3.8, 4) is 10.7 Å². The predicted octanol–water partition coefficient (Wildman–Crippen LogP) is 4.99. The van der Waals surface area contributed by atoms with Gasteiger partial charge in [-0.15, -0.1) is 11.3 Å². The first-order chi connectivity index (χ1) is 9.58. The molecule has 2 aromatic heterocycles. The maximum atomic E-state index is 4.70. The third-order valence-electron chi connectivity index (χ3n) is 2.75. The van der Waals surface area contributed by atoms with Crippen molar-refractivity contribution in [3.63, 3.8) is 0 Å². The molecule has 2 aromatic rings. The van der Waals surface area contributed by atoms with Crippen LogP contribution in [-0.2, 0) is 6.42 Å².